The van der Waals surface area contributed by atoms with Crippen LogP contribution in [0, 0.1) is 0 Å². The molecule has 2 aromatic carbocycles. The second-order valence-corrected chi connectivity index (χ2v) is 9.70. The SMILES string of the molecule is COc1ccccc1S(=O)(=O)c1ccc2c(c1)CC(O)(Br)C(C)(C)O2. The molecule has 0 bridgehead atoms. The number of ether oxygens (including phenoxy) is 2. The summed E-state index contributed by atoms with van der Waals surface area (Å²) in [5.41, 5.74) is -0.224. The summed E-state index contributed by atoms with van der Waals surface area (Å²) in [7, 11) is -2.33. The van der Waals surface area contributed by atoms with Crippen molar-refractivity contribution in [3.8, 4) is 11.5 Å². The highest BCUT2D eigenvalue weighted by Gasteiger charge is 2.47. The molecule has 1 aliphatic rings. The van der Waals surface area contributed by atoms with E-state index >= 15 is 0 Å². The first-order valence-corrected chi connectivity index (χ1v) is 9.97. The highest BCUT2D eigenvalue weighted by atomic mass is 79.9. The van der Waals surface area contributed by atoms with Crippen LogP contribution in [0.5, 0.6) is 11.5 Å². The Morgan fingerprint density at radius 2 is 1.88 bits per heavy atom. The molecule has 1 atom stereocenters. The molecule has 3 rings (SSSR count). The van der Waals surface area contributed by atoms with Gasteiger partial charge in [0.2, 0.25) is 9.84 Å². The van der Waals surface area contributed by atoms with Crippen molar-refractivity contribution in [2.24, 2.45) is 0 Å². The van der Waals surface area contributed by atoms with Gasteiger partial charge in [0.1, 0.15) is 22.0 Å². The number of methoxy groups -OCH3 is 1. The number of rotatable bonds is 3. The van der Waals surface area contributed by atoms with E-state index in [1.54, 1.807) is 44.2 Å². The summed E-state index contributed by atoms with van der Waals surface area (Å²) < 4.78 is 35.7. The van der Waals surface area contributed by atoms with Crippen LogP contribution in [0.1, 0.15) is 19.4 Å². The van der Waals surface area contributed by atoms with Crippen LogP contribution in [-0.4, -0.2) is 30.7 Å². The zero-order valence-electron chi connectivity index (χ0n) is 14.1. The minimum Gasteiger partial charge on any atom is -0.495 e. The van der Waals surface area contributed by atoms with Gasteiger partial charge in [0.15, 0.2) is 4.51 Å². The highest BCUT2D eigenvalue weighted by Crippen LogP contribution is 2.44. The Labute approximate surface area is 155 Å². The first-order chi connectivity index (χ1) is 11.6. The summed E-state index contributed by atoms with van der Waals surface area (Å²) in [4.78, 5) is 0.228. The third-order valence-electron chi connectivity index (χ3n) is 4.41. The fourth-order valence-corrected chi connectivity index (χ4v) is 4.60. The van der Waals surface area contributed by atoms with E-state index < -0.39 is 19.9 Å². The third kappa shape index (κ3) is 3.05. The van der Waals surface area contributed by atoms with Crippen LogP contribution in [0.25, 0.3) is 0 Å². The summed E-state index contributed by atoms with van der Waals surface area (Å²) in [5, 5.41) is 10.6. The topological polar surface area (TPSA) is 72.8 Å². The van der Waals surface area contributed by atoms with E-state index in [-0.39, 0.29) is 22.0 Å². The number of alkyl halides is 1. The van der Waals surface area contributed by atoms with Gasteiger partial charge in [-0.15, -0.1) is 0 Å². The molecule has 1 heterocycles. The highest BCUT2D eigenvalue weighted by molar-refractivity contribution is 9.10. The lowest BCUT2D eigenvalue weighted by atomic mass is 9.91. The first kappa shape index (κ1) is 18.2. The van der Waals surface area contributed by atoms with Crippen molar-refractivity contribution in [2.45, 2.75) is 40.2 Å². The van der Waals surface area contributed by atoms with Crippen LogP contribution in [0.15, 0.2) is 52.3 Å². The number of aliphatic hydroxyl groups is 1. The maximum Gasteiger partial charge on any atom is 0.210 e. The van der Waals surface area contributed by atoms with Gasteiger partial charge in [-0.2, -0.15) is 0 Å². The van der Waals surface area contributed by atoms with Gasteiger partial charge in [-0.05, 0) is 65.7 Å². The Hall–Kier alpha value is -1.57. The molecule has 0 saturated carbocycles. The summed E-state index contributed by atoms with van der Waals surface area (Å²) in [6.45, 7) is 3.54. The molecule has 25 heavy (non-hydrogen) atoms. The Morgan fingerprint density at radius 3 is 2.56 bits per heavy atom. The molecule has 0 radical (unpaired) electrons. The van der Waals surface area contributed by atoms with Crippen molar-refractivity contribution < 1.29 is 23.0 Å². The summed E-state index contributed by atoms with van der Waals surface area (Å²) in [6, 6.07) is 11.2. The molecule has 134 valence electrons. The van der Waals surface area contributed by atoms with E-state index in [1.165, 1.54) is 19.2 Å². The number of para-hydroxylation sites is 1. The lowest BCUT2D eigenvalue weighted by molar-refractivity contribution is -0.0605. The average Bonchev–Trinajstić information content (AvgIpc) is 2.54. The van der Waals surface area contributed by atoms with Crippen molar-refractivity contribution in [2.75, 3.05) is 7.11 Å². The van der Waals surface area contributed by atoms with Crippen molar-refractivity contribution in [3.05, 3.63) is 48.0 Å². The largest absolute Gasteiger partial charge is 0.495 e. The second-order valence-electron chi connectivity index (χ2n) is 6.47. The van der Waals surface area contributed by atoms with Gasteiger partial charge in [-0.1, -0.05) is 12.1 Å². The number of hydrogen-bond acceptors (Lipinski definition) is 5. The maximum atomic E-state index is 13.0. The second kappa shape index (κ2) is 6.00. The third-order valence-corrected chi connectivity index (χ3v) is 7.44. The van der Waals surface area contributed by atoms with E-state index in [1.807, 2.05) is 0 Å². The van der Waals surface area contributed by atoms with Crippen molar-refractivity contribution >= 4 is 25.8 Å². The first-order valence-electron chi connectivity index (χ1n) is 7.70. The van der Waals surface area contributed by atoms with E-state index in [2.05, 4.69) is 15.9 Å². The van der Waals surface area contributed by atoms with Crippen molar-refractivity contribution in [1.29, 1.82) is 0 Å². The minimum absolute atomic E-state index is 0.101. The van der Waals surface area contributed by atoms with Crippen LogP contribution < -0.4 is 9.47 Å². The van der Waals surface area contributed by atoms with Crippen molar-refractivity contribution in [3.63, 3.8) is 0 Å². The van der Waals surface area contributed by atoms with E-state index in [4.69, 9.17) is 9.47 Å². The van der Waals surface area contributed by atoms with Gasteiger partial charge in [0.25, 0.3) is 0 Å². The van der Waals surface area contributed by atoms with Crippen LogP contribution >= 0.6 is 15.9 Å². The fraction of sp³-hybridized carbons (Fsp3) is 0.333. The number of halogens is 1. The zero-order chi connectivity index (χ0) is 18.5. The van der Waals surface area contributed by atoms with Crippen LogP contribution in [0.3, 0.4) is 0 Å². The molecule has 0 spiro atoms. The van der Waals surface area contributed by atoms with Gasteiger partial charge in [0, 0.05) is 6.42 Å². The Morgan fingerprint density at radius 1 is 1.20 bits per heavy atom. The van der Waals surface area contributed by atoms with Crippen LogP contribution in [-0.2, 0) is 16.3 Å². The number of fused-ring (bicyclic) bond motifs is 1. The van der Waals surface area contributed by atoms with Crippen molar-refractivity contribution in [1.82, 2.24) is 0 Å². The smallest absolute Gasteiger partial charge is 0.210 e. The molecule has 0 amide bonds. The minimum atomic E-state index is -3.76. The predicted molar refractivity (Wildman–Crippen MR) is 97.2 cm³/mol. The van der Waals surface area contributed by atoms with Crippen LogP contribution in [0.4, 0.5) is 0 Å². The molecule has 5 nitrogen and oxygen atoms in total. The average molecular weight is 427 g/mol. The molecule has 2 aromatic rings. The molecule has 0 aliphatic carbocycles. The lowest BCUT2D eigenvalue weighted by Crippen LogP contribution is -2.53. The standard InChI is InChI=1S/C18H19BrO5S/c1-17(2)18(19,20)11-12-10-13(8-9-14(12)24-17)25(21,22)16-7-5-4-6-15(16)23-3/h4-10,20H,11H2,1-3H3. The van der Waals surface area contributed by atoms with Gasteiger partial charge < -0.3 is 14.6 Å². The normalized spacial score (nSPS) is 22.0. The molecule has 0 aromatic heterocycles. The van der Waals surface area contributed by atoms with Gasteiger partial charge in [-0.25, -0.2) is 8.42 Å². The Bertz CT molecular complexity index is 919. The molecule has 0 fully saturated rings. The monoisotopic (exact) mass is 426 g/mol. The summed E-state index contributed by atoms with van der Waals surface area (Å²) in [5.74, 6) is 0.850. The van der Waals surface area contributed by atoms with Gasteiger partial charge >= 0.3 is 0 Å². The predicted octanol–water partition coefficient (Wildman–Crippen LogP) is 3.33. The molecule has 1 N–H and O–H groups in total. The Kier molecular flexibility index (Phi) is 4.38. The Balaban J connectivity index is 2.09. The molecule has 0 saturated heterocycles. The fourth-order valence-electron chi connectivity index (χ4n) is 2.75. The van der Waals surface area contributed by atoms with Gasteiger partial charge in [-0.3, -0.25) is 0 Å². The number of hydrogen-bond donors (Lipinski definition) is 1. The molecule has 1 aliphatic heterocycles. The maximum absolute atomic E-state index is 13.0. The lowest BCUT2D eigenvalue weighted by Gasteiger charge is -2.43. The van der Waals surface area contributed by atoms with Gasteiger partial charge in [0.05, 0.1) is 12.0 Å². The van der Waals surface area contributed by atoms with E-state index in [0.717, 1.165) is 0 Å². The summed E-state index contributed by atoms with van der Waals surface area (Å²) in [6.07, 6.45) is 0.227. The molecule has 1 unspecified atom stereocenters. The van der Waals surface area contributed by atoms with E-state index in [9.17, 15) is 13.5 Å². The van der Waals surface area contributed by atoms with E-state index in [0.29, 0.717) is 11.3 Å². The van der Waals surface area contributed by atoms with Crippen LogP contribution in [0.2, 0.25) is 0 Å². The molecule has 7 heteroatoms. The zero-order valence-corrected chi connectivity index (χ0v) is 16.5. The quantitative estimate of drug-likeness (QED) is 0.761. The number of sulfone groups is 1. The molecular weight excluding hydrogens is 408 g/mol. The summed E-state index contributed by atoms with van der Waals surface area (Å²) >= 11 is 3.29. The number of benzene rings is 2. The molecular formula is C18H19BrO5S.